The summed E-state index contributed by atoms with van der Waals surface area (Å²) in [6, 6.07) is 15.4. The van der Waals surface area contributed by atoms with Crippen molar-refractivity contribution in [1.82, 2.24) is 15.1 Å². The molecule has 0 saturated carbocycles. The fourth-order valence-corrected chi connectivity index (χ4v) is 3.76. The largest absolute Gasteiger partial charge is 0.507 e. The number of piperidine rings is 1. The van der Waals surface area contributed by atoms with Crippen molar-refractivity contribution in [2.75, 3.05) is 13.1 Å². The van der Waals surface area contributed by atoms with Gasteiger partial charge in [-0.15, -0.1) is 0 Å². The Morgan fingerprint density at radius 1 is 1.10 bits per heavy atom. The van der Waals surface area contributed by atoms with Crippen LogP contribution in [0.25, 0.3) is 11.3 Å². The van der Waals surface area contributed by atoms with Gasteiger partial charge in [-0.1, -0.05) is 24.3 Å². The molecule has 3 N–H and O–H groups in total. The van der Waals surface area contributed by atoms with Crippen LogP contribution in [0.1, 0.15) is 45.2 Å². The first kappa shape index (κ1) is 18.7. The number of aromatic carboxylic acids is 1. The second-order valence-electron chi connectivity index (χ2n) is 7.20. The first-order valence-electron chi connectivity index (χ1n) is 9.49. The number of amides is 1. The summed E-state index contributed by atoms with van der Waals surface area (Å²) < 4.78 is 0. The number of rotatable bonds is 4. The molecular formula is C22H21N3O4. The van der Waals surface area contributed by atoms with Gasteiger partial charge in [0.15, 0.2) is 0 Å². The molecule has 1 aromatic heterocycles. The molecule has 1 fully saturated rings. The van der Waals surface area contributed by atoms with Crippen molar-refractivity contribution >= 4 is 11.9 Å². The maximum Gasteiger partial charge on any atom is 0.335 e. The number of phenols is 1. The number of para-hydroxylation sites is 1. The molecule has 4 rings (SSSR count). The summed E-state index contributed by atoms with van der Waals surface area (Å²) >= 11 is 0. The topological polar surface area (TPSA) is 107 Å². The van der Waals surface area contributed by atoms with Crippen LogP contribution in [0.3, 0.4) is 0 Å². The Balaban J connectivity index is 1.49. The molecule has 0 spiro atoms. The number of nitrogens with zero attached hydrogens (tertiary/aromatic N) is 2. The van der Waals surface area contributed by atoms with Crippen LogP contribution >= 0.6 is 0 Å². The van der Waals surface area contributed by atoms with Gasteiger partial charge in [-0.3, -0.25) is 9.89 Å². The van der Waals surface area contributed by atoms with E-state index in [-0.39, 0.29) is 23.1 Å². The maximum absolute atomic E-state index is 13.0. The third-order valence-corrected chi connectivity index (χ3v) is 5.33. The Morgan fingerprint density at radius 2 is 1.86 bits per heavy atom. The van der Waals surface area contributed by atoms with Gasteiger partial charge in [0.25, 0.3) is 5.91 Å². The summed E-state index contributed by atoms with van der Waals surface area (Å²) in [7, 11) is 0. The van der Waals surface area contributed by atoms with Gasteiger partial charge in [-0.05, 0) is 48.7 Å². The SMILES string of the molecule is O=C(O)c1ccc(C2CCCN(C(=O)c3cc(-c4ccccc4O)n[nH]3)C2)cc1. The zero-order valence-electron chi connectivity index (χ0n) is 15.7. The van der Waals surface area contributed by atoms with Crippen LogP contribution in [-0.2, 0) is 0 Å². The molecule has 1 unspecified atom stereocenters. The first-order chi connectivity index (χ1) is 14.0. The van der Waals surface area contributed by atoms with E-state index in [2.05, 4.69) is 10.2 Å². The number of aromatic amines is 1. The van der Waals surface area contributed by atoms with E-state index in [0.29, 0.717) is 30.0 Å². The smallest absolute Gasteiger partial charge is 0.335 e. The lowest BCUT2D eigenvalue weighted by Crippen LogP contribution is -2.39. The highest BCUT2D eigenvalue weighted by Crippen LogP contribution is 2.30. The van der Waals surface area contributed by atoms with Gasteiger partial charge >= 0.3 is 5.97 Å². The molecule has 1 saturated heterocycles. The average Bonchev–Trinajstić information content (AvgIpc) is 3.23. The number of carbonyl (C=O) groups excluding carboxylic acids is 1. The van der Waals surface area contributed by atoms with Crippen LogP contribution in [0.4, 0.5) is 0 Å². The highest BCUT2D eigenvalue weighted by Gasteiger charge is 2.27. The summed E-state index contributed by atoms with van der Waals surface area (Å²) in [4.78, 5) is 25.8. The normalized spacial score (nSPS) is 16.6. The minimum absolute atomic E-state index is 0.112. The molecule has 1 aliphatic rings. The fraction of sp³-hybridized carbons (Fsp3) is 0.227. The standard InChI is InChI=1S/C22H21N3O4/c26-20-6-2-1-5-17(20)18-12-19(24-23-18)21(27)25-11-3-4-16(13-25)14-7-9-15(10-8-14)22(28)29/h1-2,5-10,12,16,26H,3-4,11,13H2,(H,23,24)(H,28,29). The Labute approximate surface area is 167 Å². The van der Waals surface area contributed by atoms with Gasteiger partial charge in [0.05, 0.1) is 11.3 Å². The Kier molecular flexibility index (Phi) is 5.03. The van der Waals surface area contributed by atoms with Crippen molar-refractivity contribution in [2.24, 2.45) is 0 Å². The van der Waals surface area contributed by atoms with Gasteiger partial charge in [0.1, 0.15) is 11.4 Å². The number of hydrogen-bond acceptors (Lipinski definition) is 4. The van der Waals surface area contributed by atoms with E-state index in [1.54, 1.807) is 47.4 Å². The molecular weight excluding hydrogens is 370 g/mol. The molecule has 7 heteroatoms. The molecule has 148 valence electrons. The number of H-pyrrole nitrogens is 1. The predicted octanol–water partition coefficient (Wildman–Crippen LogP) is 3.50. The highest BCUT2D eigenvalue weighted by molar-refractivity contribution is 5.93. The lowest BCUT2D eigenvalue weighted by molar-refractivity contribution is 0.0692. The summed E-state index contributed by atoms with van der Waals surface area (Å²) in [5, 5.41) is 26.0. The van der Waals surface area contributed by atoms with Crippen molar-refractivity contribution in [2.45, 2.75) is 18.8 Å². The zero-order valence-corrected chi connectivity index (χ0v) is 15.7. The molecule has 2 aromatic carbocycles. The average molecular weight is 391 g/mol. The Morgan fingerprint density at radius 3 is 2.59 bits per heavy atom. The first-order valence-corrected chi connectivity index (χ1v) is 9.49. The molecule has 0 aliphatic carbocycles. The van der Waals surface area contributed by atoms with Gasteiger partial charge < -0.3 is 15.1 Å². The third-order valence-electron chi connectivity index (χ3n) is 5.33. The van der Waals surface area contributed by atoms with Crippen LogP contribution in [0, 0.1) is 0 Å². The van der Waals surface area contributed by atoms with E-state index in [1.807, 2.05) is 12.1 Å². The van der Waals surface area contributed by atoms with E-state index in [9.17, 15) is 14.7 Å². The number of benzene rings is 2. The van der Waals surface area contributed by atoms with Crippen molar-refractivity contribution < 1.29 is 19.8 Å². The van der Waals surface area contributed by atoms with Crippen LogP contribution in [0.5, 0.6) is 5.75 Å². The van der Waals surface area contributed by atoms with Crippen LogP contribution in [-0.4, -0.2) is 50.3 Å². The van der Waals surface area contributed by atoms with Crippen molar-refractivity contribution in [1.29, 1.82) is 0 Å². The van der Waals surface area contributed by atoms with Gasteiger partial charge in [0.2, 0.25) is 0 Å². The maximum atomic E-state index is 13.0. The lowest BCUT2D eigenvalue weighted by atomic mass is 9.90. The number of phenolic OH excluding ortho intramolecular Hbond substituents is 1. The molecule has 1 atom stereocenters. The van der Waals surface area contributed by atoms with Gasteiger partial charge in [-0.2, -0.15) is 5.10 Å². The van der Waals surface area contributed by atoms with E-state index >= 15 is 0 Å². The summed E-state index contributed by atoms with van der Waals surface area (Å²) in [5.74, 6) is -0.806. The van der Waals surface area contributed by atoms with Gasteiger partial charge in [-0.25, -0.2) is 4.79 Å². The molecule has 3 aromatic rings. The number of nitrogens with one attached hydrogen (secondary N) is 1. The van der Waals surface area contributed by atoms with Crippen LogP contribution in [0.15, 0.2) is 54.6 Å². The van der Waals surface area contributed by atoms with E-state index in [0.717, 1.165) is 18.4 Å². The number of hydrogen-bond donors (Lipinski definition) is 3. The second-order valence-corrected chi connectivity index (χ2v) is 7.20. The zero-order chi connectivity index (χ0) is 20.4. The monoisotopic (exact) mass is 391 g/mol. The molecule has 7 nitrogen and oxygen atoms in total. The number of likely N-dealkylation sites (tertiary alicyclic amines) is 1. The summed E-state index contributed by atoms with van der Waals surface area (Å²) in [6.07, 6.45) is 1.82. The van der Waals surface area contributed by atoms with Gasteiger partial charge in [0, 0.05) is 24.6 Å². The van der Waals surface area contributed by atoms with Crippen LogP contribution < -0.4 is 0 Å². The Hall–Kier alpha value is -3.61. The number of aromatic nitrogens is 2. The van der Waals surface area contributed by atoms with Crippen molar-refractivity contribution in [3.05, 3.63) is 71.4 Å². The van der Waals surface area contributed by atoms with Crippen molar-refractivity contribution in [3.8, 4) is 17.0 Å². The quantitative estimate of drug-likeness (QED) is 0.631. The molecule has 0 bridgehead atoms. The number of aromatic hydroxyl groups is 1. The van der Waals surface area contributed by atoms with Crippen molar-refractivity contribution in [3.63, 3.8) is 0 Å². The number of carboxylic acid groups (broad SMARTS) is 1. The van der Waals surface area contributed by atoms with Crippen LogP contribution in [0.2, 0.25) is 0 Å². The molecule has 0 radical (unpaired) electrons. The number of carboxylic acids is 1. The van der Waals surface area contributed by atoms with E-state index < -0.39 is 5.97 Å². The van der Waals surface area contributed by atoms with E-state index in [4.69, 9.17) is 5.11 Å². The lowest BCUT2D eigenvalue weighted by Gasteiger charge is -2.32. The minimum Gasteiger partial charge on any atom is -0.507 e. The molecule has 29 heavy (non-hydrogen) atoms. The Bertz CT molecular complexity index is 1040. The number of carbonyl (C=O) groups is 2. The third kappa shape index (κ3) is 3.85. The second kappa shape index (κ2) is 7.79. The molecule has 2 heterocycles. The molecule has 1 aliphatic heterocycles. The predicted molar refractivity (Wildman–Crippen MR) is 107 cm³/mol. The highest BCUT2D eigenvalue weighted by atomic mass is 16.4. The molecule has 1 amide bonds. The fourth-order valence-electron chi connectivity index (χ4n) is 3.76. The summed E-state index contributed by atoms with van der Waals surface area (Å²) in [5.41, 5.74) is 2.76. The minimum atomic E-state index is -0.948. The van der Waals surface area contributed by atoms with E-state index in [1.165, 1.54) is 0 Å². The summed E-state index contributed by atoms with van der Waals surface area (Å²) in [6.45, 7) is 1.23.